The van der Waals surface area contributed by atoms with Gasteiger partial charge in [-0.05, 0) is 24.3 Å². The third kappa shape index (κ3) is 5.82. The fraction of sp³-hybridized carbons (Fsp3) is 0.150. The number of amides is 2. The molecule has 144 valence electrons. The minimum absolute atomic E-state index is 0.0820. The molecule has 1 aromatic heterocycles. The molecule has 0 spiro atoms. The van der Waals surface area contributed by atoms with Crippen LogP contribution in [0.4, 0.5) is 10.8 Å². The van der Waals surface area contributed by atoms with Gasteiger partial charge in [0.2, 0.25) is 11.8 Å². The van der Waals surface area contributed by atoms with Crippen molar-refractivity contribution in [2.24, 2.45) is 0 Å². The normalized spacial score (nSPS) is 10.5. The molecule has 0 saturated carbocycles. The van der Waals surface area contributed by atoms with E-state index in [1.165, 1.54) is 18.3 Å². The zero-order chi connectivity index (χ0) is 19.9. The van der Waals surface area contributed by atoms with Crippen molar-refractivity contribution < 1.29 is 9.59 Å². The van der Waals surface area contributed by atoms with E-state index in [2.05, 4.69) is 15.6 Å². The van der Waals surface area contributed by atoms with Crippen LogP contribution >= 0.6 is 34.7 Å². The predicted molar refractivity (Wildman–Crippen MR) is 117 cm³/mol. The minimum Gasteiger partial charge on any atom is -0.326 e. The molecule has 0 bridgehead atoms. The number of hydrogen-bond donors (Lipinski definition) is 2. The number of rotatable bonds is 7. The largest absolute Gasteiger partial charge is 0.326 e. The van der Waals surface area contributed by atoms with E-state index in [0.717, 1.165) is 21.8 Å². The van der Waals surface area contributed by atoms with Crippen LogP contribution in [0.2, 0.25) is 5.02 Å². The van der Waals surface area contributed by atoms with Gasteiger partial charge in [0.25, 0.3) is 0 Å². The number of nitrogens with zero attached hydrogens (tertiary/aromatic N) is 1. The van der Waals surface area contributed by atoms with E-state index in [-0.39, 0.29) is 11.8 Å². The molecule has 2 aromatic carbocycles. The van der Waals surface area contributed by atoms with Crippen molar-refractivity contribution in [3.8, 4) is 11.3 Å². The SMILES string of the molecule is CC(=O)Nc1ccc(-c2csc(NC(=O)CCSc3ccccc3Cl)n2)cc1. The van der Waals surface area contributed by atoms with E-state index < -0.39 is 0 Å². The molecule has 1 heterocycles. The molecule has 5 nitrogen and oxygen atoms in total. The number of thioether (sulfide) groups is 1. The Kier molecular flexibility index (Phi) is 7.08. The Morgan fingerprint density at radius 3 is 2.57 bits per heavy atom. The van der Waals surface area contributed by atoms with Gasteiger partial charge in [-0.1, -0.05) is 35.9 Å². The maximum absolute atomic E-state index is 12.1. The smallest absolute Gasteiger partial charge is 0.226 e. The van der Waals surface area contributed by atoms with Gasteiger partial charge in [-0.3, -0.25) is 9.59 Å². The molecule has 28 heavy (non-hydrogen) atoms. The summed E-state index contributed by atoms with van der Waals surface area (Å²) < 4.78 is 0. The van der Waals surface area contributed by atoms with Crippen molar-refractivity contribution in [2.75, 3.05) is 16.4 Å². The highest BCUT2D eigenvalue weighted by Gasteiger charge is 2.09. The van der Waals surface area contributed by atoms with Crippen LogP contribution in [0.3, 0.4) is 0 Å². The van der Waals surface area contributed by atoms with Crippen LogP contribution in [0.25, 0.3) is 11.3 Å². The lowest BCUT2D eigenvalue weighted by Crippen LogP contribution is -2.11. The summed E-state index contributed by atoms with van der Waals surface area (Å²) >= 11 is 9.05. The molecule has 0 aliphatic heterocycles. The summed E-state index contributed by atoms with van der Waals surface area (Å²) in [5, 5.41) is 8.71. The van der Waals surface area contributed by atoms with E-state index in [1.807, 2.05) is 53.9 Å². The van der Waals surface area contributed by atoms with Crippen molar-refractivity contribution in [3.63, 3.8) is 0 Å². The number of benzene rings is 2. The van der Waals surface area contributed by atoms with Gasteiger partial charge in [-0.2, -0.15) is 0 Å². The van der Waals surface area contributed by atoms with Gasteiger partial charge in [0, 0.05) is 40.6 Å². The van der Waals surface area contributed by atoms with Crippen molar-refractivity contribution >= 4 is 57.3 Å². The quantitative estimate of drug-likeness (QED) is 0.481. The Hall–Kier alpha value is -2.35. The molecular weight excluding hydrogens is 414 g/mol. The first kappa shape index (κ1) is 20.4. The van der Waals surface area contributed by atoms with Crippen LogP contribution in [0.15, 0.2) is 58.8 Å². The zero-order valence-electron chi connectivity index (χ0n) is 15.1. The Bertz CT molecular complexity index is 974. The second-order valence-corrected chi connectivity index (χ2v) is 8.28. The monoisotopic (exact) mass is 431 g/mol. The van der Waals surface area contributed by atoms with Crippen molar-refractivity contribution in [1.82, 2.24) is 4.98 Å². The van der Waals surface area contributed by atoms with Gasteiger partial charge in [0.1, 0.15) is 0 Å². The number of nitrogens with one attached hydrogen (secondary N) is 2. The topological polar surface area (TPSA) is 71.1 Å². The molecule has 0 radical (unpaired) electrons. The summed E-state index contributed by atoms with van der Waals surface area (Å²) in [6.07, 6.45) is 0.371. The molecule has 2 amide bonds. The first-order valence-electron chi connectivity index (χ1n) is 8.52. The third-order valence-electron chi connectivity index (χ3n) is 3.67. The summed E-state index contributed by atoms with van der Waals surface area (Å²) in [6, 6.07) is 15.0. The number of hydrogen-bond acceptors (Lipinski definition) is 5. The molecule has 3 rings (SSSR count). The van der Waals surface area contributed by atoms with E-state index in [4.69, 9.17) is 11.6 Å². The van der Waals surface area contributed by atoms with Crippen LogP contribution in [-0.4, -0.2) is 22.6 Å². The lowest BCUT2D eigenvalue weighted by atomic mass is 10.1. The number of anilines is 2. The number of halogens is 1. The summed E-state index contributed by atoms with van der Waals surface area (Å²) in [7, 11) is 0. The molecule has 0 unspecified atom stereocenters. The van der Waals surface area contributed by atoms with Gasteiger partial charge >= 0.3 is 0 Å². The highest BCUT2D eigenvalue weighted by atomic mass is 35.5. The molecule has 3 aromatic rings. The molecule has 0 fully saturated rings. The molecule has 0 aliphatic carbocycles. The summed E-state index contributed by atoms with van der Waals surface area (Å²) in [6.45, 7) is 1.47. The number of carbonyl (C=O) groups is 2. The van der Waals surface area contributed by atoms with Gasteiger partial charge in [0.15, 0.2) is 5.13 Å². The molecule has 0 saturated heterocycles. The second kappa shape index (κ2) is 9.73. The van der Waals surface area contributed by atoms with Crippen LogP contribution in [-0.2, 0) is 9.59 Å². The highest BCUT2D eigenvalue weighted by Crippen LogP contribution is 2.28. The Morgan fingerprint density at radius 2 is 1.86 bits per heavy atom. The standard InChI is InChI=1S/C20H18ClN3O2S2/c1-13(25)22-15-8-6-14(7-9-15)17-12-28-20(23-17)24-19(26)10-11-27-18-5-3-2-4-16(18)21/h2-9,12H,10-11H2,1H3,(H,22,25)(H,23,24,26). The van der Waals surface area contributed by atoms with Crippen LogP contribution in [0.1, 0.15) is 13.3 Å². The summed E-state index contributed by atoms with van der Waals surface area (Å²) in [5.74, 6) is 0.443. The first-order valence-corrected chi connectivity index (χ1v) is 10.8. The van der Waals surface area contributed by atoms with Gasteiger partial charge in [-0.25, -0.2) is 4.98 Å². The first-order chi connectivity index (χ1) is 13.5. The lowest BCUT2D eigenvalue weighted by molar-refractivity contribution is -0.116. The molecule has 0 atom stereocenters. The van der Waals surface area contributed by atoms with Crippen LogP contribution < -0.4 is 10.6 Å². The maximum Gasteiger partial charge on any atom is 0.226 e. The number of aromatic nitrogens is 1. The van der Waals surface area contributed by atoms with E-state index in [0.29, 0.717) is 22.3 Å². The number of carbonyl (C=O) groups excluding carboxylic acids is 2. The van der Waals surface area contributed by atoms with Crippen molar-refractivity contribution in [1.29, 1.82) is 0 Å². The third-order valence-corrected chi connectivity index (χ3v) is 5.95. The average molecular weight is 432 g/mol. The Labute approximate surface area is 176 Å². The predicted octanol–water partition coefficient (Wildman–Crippen LogP) is 5.54. The molecular formula is C20H18ClN3O2S2. The minimum atomic E-state index is -0.112. The van der Waals surface area contributed by atoms with E-state index >= 15 is 0 Å². The summed E-state index contributed by atoms with van der Waals surface area (Å²) in [5.41, 5.74) is 2.43. The van der Waals surface area contributed by atoms with E-state index in [9.17, 15) is 9.59 Å². The van der Waals surface area contributed by atoms with Crippen molar-refractivity contribution in [3.05, 3.63) is 58.9 Å². The fourth-order valence-corrected chi connectivity index (χ4v) is 4.31. The highest BCUT2D eigenvalue weighted by molar-refractivity contribution is 7.99. The Morgan fingerprint density at radius 1 is 1.11 bits per heavy atom. The molecule has 2 N–H and O–H groups in total. The van der Waals surface area contributed by atoms with Crippen LogP contribution in [0.5, 0.6) is 0 Å². The second-order valence-electron chi connectivity index (χ2n) is 5.87. The van der Waals surface area contributed by atoms with Gasteiger partial charge in [-0.15, -0.1) is 23.1 Å². The maximum atomic E-state index is 12.1. The Balaban J connectivity index is 1.51. The molecule has 8 heteroatoms. The lowest BCUT2D eigenvalue weighted by Gasteiger charge is -2.04. The van der Waals surface area contributed by atoms with Crippen LogP contribution in [0, 0.1) is 0 Å². The van der Waals surface area contributed by atoms with Gasteiger partial charge < -0.3 is 10.6 Å². The summed E-state index contributed by atoms with van der Waals surface area (Å²) in [4.78, 5) is 28.7. The van der Waals surface area contributed by atoms with E-state index in [1.54, 1.807) is 11.8 Å². The van der Waals surface area contributed by atoms with Gasteiger partial charge in [0.05, 0.1) is 10.7 Å². The zero-order valence-corrected chi connectivity index (χ0v) is 17.5. The average Bonchev–Trinajstić information content (AvgIpc) is 3.12. The molecule has 0 aliphatic rings. The number of thiazole rings is 1. The fourth-order valence-electron chi connectivity index (χ4n) is 2.39. The van der Waals surface area contributed by atoms with Crippen molar-refractivity contribution in [2.45, 2.75) is 18.2 Å².